The molecule has 1 aromatic heterocycles. The highest BCUT2D eigenvalue weighted by Crippen LogP contribution is 2.43. The number of hydrogen-bond acceptors (Lipinski definition) is 10. The van der Waals surface area contributed by atoms with Gasteiger partial charge in [0.15, 0.2) is 11.4 Å². The summed E-state index contributed by atoms with van der Waals surface area (Å²) >= 11 is 1.53. The number of aliphatic hydroxyl groups excluding tert-OH is 1. The minimum Gasteiger partial charge on any atom is -0.445 e. The Kier molecular flexibility index (Phi) is 9.97. The van der Waals surface area contributed by atoms with Crippen LogP contribution >= 0.6 is 11.8 Å². The van der Waals surface area contributed by atoms with Crippen LogP contribution in [0.3, 0.4) is 0 Å². The highest BCUT2D eigenvalue weighted by Gasteiger charge is 2.42. The van der Waals surface area contributed by atoms with Crippen LogP contribution in [0.25, 0.3) is 0 Å². The maximum atomic E-state index is 13.4. The molecule has 0 aliphatic carbocycles. The third-order valence-electron chi connectivity index (χ3n) is 8.22. The van der Waals surface area contributed by atoms with Crippen molar-refractivity contribution in [3.8, 4) is 0 Å². The number of carbonyl (C=O) groups is 3. The third-order valence-corrected chi connectivity index (χ3v) is 9.35. The summed E-state index contributed by atoms with van der Waals surface area (Å²) in [6.45, 7) is 2.05. The number of aliphatic hydroxyl groups is 1. The SMILES string of the molecule is C[C@@H]1[C@H](CSc2nncn2C)O[C@H](c2cccc(N3C(=O)CC(NC(=O)OCc4ccccc4)C3=O)c2)O[C@@H]1c1ccc(CO)cc1. The average Bonchev–Trinajstić information content (AvgIpc) is 3.63. The molecule has 1 unspecified atom stereocenters. The van der Waals surface area contributed by atoms with Crippen LogP contribution in [0.5, 0.6) is 0 Å². The van der Waals surface area contributed by atoms with E-state index in [-0.39, 0.29) is 37.8 Å². The van der Waals surface area contributed by atoms with Gasteiger partial charge < -0.3 is 29.2 Å². The van der Waals surface area contributed by atoms with Gasteiger partial charge in [-0.05, 0) is 28.8 Å². The molecule has 0 bridgehead atoms. The number of anilines is 1. The maximum absolute atomic E-state index is 13.4. The number of ether oxygens (including phenoxy) is 3. The van der Waals surface area contributed by atoms with E-state index >= 15 is 0 Å². The summed E-state index contributed by atoms with van der Waals surface area (Å²) in [6.07, 6.45) is -0.742. The number of benzene rings is 3. The van der Waals surface area contributed by atoms with Gasteiger partial charge >= 0.3 is 6.09 Å². The van der Waals surface area contributed by atoms with Gasteiger partial charge in [-0.25, -0.2) is 9.69 Å². The molecule has 6 rings (SSSR count). The molecule has 0 radical (unpaired) electrons. The molecule has 0 spiro atoms. The Hall–Kier alpha value is -4.56. The van der Waals surface area contributed by atoms with E-state index in [0.717, 1.165) is 26.7 Å². The van der Waals surface area contributed by atoms with E-state index in [9.17, 15) is 19.5 Å². The van der Waals surface area contributed by atoms with Crippen molar-refractivity contribution in [3.63, 3.8) is 0 Å². The van der Waals surface area contributed by atoms with Crippen molar-refractivity contribution >= 4 is 35.4 Å². The smallest absolute Gasteiger partial charge is 0.408 e. The number of carbonyl (C=O) groups excluding carboxylic acids is 3. The second kappa shape index (κ2) is 14.5. The summed E-state index contributed by atoms with van der Waals surface area (Å²) < 4.78 is 20.2. The van der Waals surface area contributed by atoms with Crippen LogP contribution in [0.4, 0.5) is 10.5 Å². The molecule has 4 aromatic rings. The number of rotatable bonds is 10. The molecule has 13 heteroatoms. The first-order valence-electron chi connectivity index (χ1n) is 15.2. The monoisotopic (exact) mass is 657 g/mol. The number of amides is 3. The zero-order valence-corrected chi connectivity index (χ0v) is 26.7. The first-order valence-corrected chi connectivity index (χ1v) is 16.2. The zero-order valence-electron chi connectivity index (χ0n) is 25.9. The Morgan fingerprint density at radius 3 is 2.53 bits per heavy atom. The van der Waals surface area contributed by atoms with E-state index < -0.39 is 30.2 Å². The molecule has 2 fully saturated rings. The van der Waals surface area contributed by atoms with Crippen molar-refractivity contribution in [2.75, 3.05) is 10.7 Å². The second-order valence-corrected chi connectivity index (χ2v) is 12.5. The highest BCUT2D eigenvalue weighted by molar-refractivity contribution is 7.99. The van der Waals surface area contributed by atoms with Crippen LogP contribution in [0.2, 0.25) is 0 Å². The summed E-state index contributed by atoms with van der Waals surface area (Å²) in [6, 6.07) is 22.7. The normalized spacial score (nSPS) is 22.8. The van der Waals surface area contributed by atoms with Gasteiger partial charge in [-0.2, -0.15) is 0 Å². The van der Waals surface area contributed by atoms with Crippen molar-refractivity contribution in [2.24, 2.45) is 13.0 Å². The Morgan fingerprint density at radius 2 is 1.81 bits per heavy atom. The molecule has 3 amide bonds. The number of aromatic nitrogens is 3. The van der Waals surface area contributed by atoms with Crippen LogP contribution in [-0.2, 0) is 44.1 Å². The molecular formula is C34H35N5O7S. The lowest BCUT2D eigenvalue weighted by Crippen LogP contribution is -2.42. The van der Waals surface area contributed by atoms with Crippen molar-refractivity contribution in [1.82, 2.24) is 20.1 Å². The van der Waals surface area contributed by atoms with Gasteiger partial charge in [0, 0.05) is 24.3 Å². The highest BCUT2D eigenvalue weighted by atomic mass is 32.2. The van der Waals surface area contributed by atoms with Crippen molar-refractivity contribution < 1.29 is 33.7 Å². The number of aryl methyl sites for hydroxylation is 1. The number of nitrogens with zero attached hydrogens (tertiary/aromatic N) is 4. The molecule has 2 saturated heterocycles. The topological polar surface area (TPSA) is 145 Å². The molecule has 2 aliphatic heterocycles. The van der Waals surface area contributed by atoms with Gasteiger partial charge in [0.1, 0.15) is 19.0 Å². The van der Waals surface area contributed by atoms with Crippen LogP contribution in [0, 0.1) is 5.92 Å². The van der Waals surface area contributed by atoms with E-state index in [2.05, 4.69) is 22.4 Å². The molecule has 3 aromatic carbocycles. The van der Waals surface area contributed by atoms with E-state index in [1.165, 1.54) is 11.8 Å². The summed E-state index contributed by atoms with van der Waals surface area (Å²) in [4.78, 5) is 40.0. The molecule has 2 N–H and O–H groups in total. The molecule has 3 heterocycles. The minimum atomic E-state index is -1.05. The lowest BCUT2D eigenvalue weighted by molar-refractivity contribution is -0.268. The van der Waals surface area contributed by atoms with Crippen LogP contribution in [-0.4, -0.2) is 55.7 Å². The van der Waals surface area contributed by atoms with E-state index in [1.807, 2.05) is 72.3 Å². The standard InChI is InChI=1S/C34H35N5O7S/c1-21-28(19-47-33-37-35-20-38(33)2)45-32(46-30(21)24-13-11-22(17-40)12-14-24)25-9-6-10-26(15-25)39-29(41)16-27(31(39)42)36-34(43)44-18-23-7-4-3-5-8-23/h3-15,20-21,27-28,30,32,40H,16-19H2,1-2H3,(H,36,43)/t21-,27?,28+,30+,32+/m1/s1. The van der Waals surface area contributed by atoms with Crippen LogP contribution in [0.15, 0.2) is 90.3 Å². The third kappa shape index (κ3) is 7.38. The van der Waals surface area contributed by atoms with Gasteiger partial charge in [0.25, 0.3) is 5.91 Å². The maximum Gasteiger partial charge on any atom is 0.408 e. The fourth-order valence-corrected chi connectivity index (χ4v) is 6.65. The first kappa shape index (κ1) is 32.4. The number of thioether (sulfide) groups is 1. The fourth-order valence-electron chi connectivity index (χ4n) is 5.60. The molecule has 5 atom stereocenters. The van der Waals surface area contributed by atoms with Crippen LogP contribution < -0.4 is 10.2 Å². The summed E-state index contributed by atoms with van der Waals surface area (Å²) in [5.41, 5.74) is 3.50. The van der Waals surface area contributed by atoms with E-state index in [0.29, 0.717) is 17.0 Å². The van der Waals surface area contributed by atoms with Crippen LogP contribution in [0.1, 0.15) is 48.0 Å². The largest absolute Gasteiger partial charge is 0.445 e. The zero-order chi connectivity index (χ0) is 32.9. The predicted molar refractivity (Wildman–Crippen MR) is 172 cm³/mol. The lowest BCUT2D eigenvalue weighted by atomic mass is 9.91. The Bertz CT molecular complexity index is 1720. The number of hydrogen-bond donors (Lipinski definition) is 2. The number of nitrogens with one attached hydrogen (secondary N) is 1. The molecule has 47 heavy (non-hydrogen) atoms. The van der Waals surface area contributed by atoms with Gasteiger partial charge in [-0.15, -0.1) is 10.2 Å². The summed E-state index contributed by atoms with van der Waals surface area (Å²) in [5.74, 6) is -0.470. The molecular weight excluding hydrogens is 622 g/mol. The Balaban J connectivity index is 1.18. The molecule has 12 nitrogen and oxygen atoms in total. The number of alkyl carbamates (subject to hydrolysis) is 1. The van der Waals surface area contributed by atoms with Gasteiger partial charge in [-0.1, -0.05) is 85.4 Å². The Morgan fingerprint density at radius 1 is 1.02 bits per heavy atom. The molecule has 244 valence electrons. The van der Waals surface area contributed by atoms with Crippen molar-refractivity contribution in [1.29, 1.82) is 0 Å². The quantitative estimate of drug-likeness (QED) is 0.185. The Labute approximate surface area is 276 Å². The van der Waals surface area contributed by atoms with E-state index in [1.54, 1.807) is 24.5 Å². The average molecular weight is 658 g/mol. The summed E-state index contributed by atoms with van der Waals surface area (Å²) in [5, 5.41) is 21.0. The summed E-state index contributed by atoms with van der Waals surface area (Å²) in [7, 11) is 1.88. The lowest BCUT2D eigenvalue weighted by Gasteiger charge is -2.41. The first-order chi connectivity index (χ1) is 22.8. The molecule has 0 saturated carbocycles. The second-order valence-electron chi connectivity index (χ2n) is 11.5. The van der Waals surface area contributed by atoms with Crippen molar-refractivity contribution in [2.45, 2.75) is 56.3 Å². The van der Waals surface area contributed by atoms with Gasteiger partial charge in [0.05, 0.1) is 30.9 Å². The molecule has 2 aliphatic rings. The fraction of sp³-hybridized carbons (Fsp3) is 0.324. The van der Waals surface area contributed by atoms with Gasteiger partial charge in [0.2, 0.25) is 5.91 Å². The van der Waals surface area contributed by atoms with Gasteiger partial charge in [-0.3, -0.25) is 9.59 Å². The minimum absolute atomic E-state index is 0.0396. The predicted octanol–water partition coefficient (Wildman–Crippen LogP) is 4.45. The van der Waals surface area contributed by atoms with Crippen molar-refractivity contribution in [3.05, 3.63) is 107 Å². The number of imide groups is 1. The van der Waals surface area contributed by atoms with E-state index in [4.69, 9.17) is 14.2 Å².